The minimum absolute atomic E-state index is 0.148. The number of rotatable bonds is 5. The maximum Gasteiger partial charge on any atom is 0.264 e. The van der Waals surface area contributed by atoms with Gasteiger partial charge in [0.1, 0.15) is 5.82 Å². The van der Waals surface area contributed by atoms with Crippen LogP contribution >= 0.6 is 22.9 Å². The molecule has 0 unspecified atom stereocenters. The van der Waals surface area contributed by atoms with Crippen molar-refractivity contribution in [1.82, 2.24) is 19.5 Å². The zero-order chi connectivity index (χ0) is 22.9. The third kappa shape index (κ3) is 3.94. The van der Waals surface area contributed by atoms with E-state index in [9.17, 15) is 4.79 Å². The van der Waals surface area contributed by atoms with E-state index in [0.717, 1.165) is 28.0 Å². The van der Waals surface area contributed by atoms with E-state index in [4.69, 9.17) is 17.3 Å². The Hall–Kier alpha value is -3.75. The van der Waals surface area contributed by atoms with Gasteiger partial charge in [0, 0.05) is 23.0 Å². The van der Waals surface area contributed by atoms with Crippen LogP contribution in [0, 0.1) is 0 Å². The van der Waals surface area contributed by atoms with Crippen LogP contribution in [0.3, 0.4) is 0 Å². The van der Waals surface area contributed by atoms with Crippen LogP contribution in [-0.4, -0.2) is 19.5 Å². The van der Waals surface area contributed by atoms with Gasteiger partial charge in [-0.1, -0.05) is 41.9 Å². The van der Waals surface area contributed by atoms with Crippen LogP contribution in [0.25, 0.3) is 27.7 Å². The van der Waals surface area contributed by atoms with Gasteiger partial charge in [-0.3, -0.25) is 9.36 Å². The standard InChI is InChI=1S/C24H19ClN6OS/c1-14(29-22-17(11-27-24(26)30-22)19-12-33-13-28-19)20-10-15-6-5-9-18(25)21(15)23(32)31(20)16-7-3-2-4-8-16/h2-14H,1H3,(H3,26,27,29,30)/t14-/m0/s1. The Labute approximate surface area is 198 Å². The van der Waals surface area contributed by atoms with Gasteiger partial charge in [-0.2, -0.15) is 4.98 Å². The summed E-state index contributed by atoms with van der Waals surface area (Å²) in [5.41, 5.74) is 10.4. The monoisotopic (exact) mass is 474 g/mol. The molecule has 3 aromatic heterocycles. The molecule has 0 saturated carbocycles. The van der Waals surface area contributed by atoms with Gasteiger partial charge < -0.3 is 11.1 Å². The first-order valence-corrected chi connectivity index (χ1v) is 11.5. The molecule has 3 N–H and O–H groups in total. The lowest BCUT2D eigenvalue weighted by molar-refractivity contribution is 0.773. The lowest BCUT2D eigenvalue weighted by Gasteiger charge is -2.22. The molecular weight excluding hydrogens is 456 g/mol. The molecule has 3 heterocycles. The minimum Gasteiger partial charge on any atom is -0.368 e. The number of thiazole rings is 1. The first-order chi connectivity index (χ1) is 16.0. The first-order valence-electron chi connectivity index (χ1n) is 10.2. The summed E-state index contributed by atoms with van der Waals surface area (Å²) in [5, 5.41) is 7.00. The number of anilines is 2. The molecule has 0 saturated heterocycles. The van der Waals surface area contributed by atoms with E-state index in [2.05, 4.69) is 20.3 Å². The number of para-hydroxylation sites is 1. The second kappa shape index (κ2) is 8.65. The van der Waals surface area contributed by atoms with Crippen LogP contribution in [0.2, 0.25) is 5.02 Å². The Morgan fingerprint density at radius 1 is 1.12 bits per heavy atom. The fraction of sp³-hybridized carbons (Fsp3) is 0.0833. The van der Waals surface area contributed by atoms with Crippen molar-refractivity contribution in [3.05, 3.63) is 92.8 Å². The number of nitrogens with zero attached hydrogens (tertiary/aromatic N) is 4. The smallest absolute Gasteiger partial charge is 0.264 e. The van der Waals surface area contributed by atoms with E-state index in [1.165, 1.54) is 11.3 Å². The predicted octanol–water partition coefficient (Wildman–Crippen LogP) is 5.31. The molecule has 164 valence electrons. The number of hydrogen-bond donors (Lipinski definition) is 2. The average molecular weight is 475 g/mol. The molecule has 0 aliphatic heterocycles. The van der Waals surface area contributed by atoms with E-state index in [0.29, 0.717) is 16.2 Å². The fourth-order valence-corrected chi connectivity index (χ4v) is 4.63. The quantitative estimate of drug-likeness (QED) is 0.358. The summed E-state index contributed by atoms with van der Waals surface area (Å²) in [5.74, 6) is 0.688. The second-order valence-electron chi connectivity index (χ2n) is 7.48. The summed E-state index contributed by atoms with van der Waals surface area (Å²) < 4.78 is 1.68. The highest BCUT2D eigenvalue weighted by Gasteiger charge is 2.20. The van der Waals surface area contributed by atoms with Gasteiger partial charge in [-0.05, 0) is 36.6 Å². The molecule has 5 aromatic rings. The Balaban J connectivity index is 1.68. The van der Waals surface area contributed by atoms with Crippen molar-refractivity contribution >= 4 is 45.5 Å². The number of fused-ring (bicyclic) bond motifs is 1. The Bertz CT molecular complexity index is 1500. The van der Waals surface area contributed by atoms with Crippen molar-refractivity contribution in [1.29, 1.82) is 0 Å². The first kappa shape index (κ1) is 21.1. The van der Waals surface area contributed by atoms with E-state index in [1.54, 1.807) is 22.3 Å². The van der Waals surface area contributed by atoms with Gasteiger partial charge in [0.15, 0.2) is 0 Å². The van der Waals surface area contributed by atoms with E-state index in [1.807, 2.05) is 60.8 Å². The lowest BCUT2D eigenvalue weighted by atomic mass is 10.1. The molecule has 2 aromatic carbocycles. The number of nitrogen functional groups attached to an aromatic ring is 1. The van der Waals surface area contributed by atoms with E-state index < -0.39 is 0 Å². The molecule has 0 aliphatic carbocycles. The van der Waals surface area contributed by atoms with E-state index >= 15 is 0 Å². The van der Waals surface area contributed by atoms with Crippen LogP contribution in [-0.2, 0) is 0 Å². The summed E-state index contributed by atoms with van der Waals surface area (Å²) in [6, 6.07) is 16.6. The fourth-order valence-electron chi connectivity index (χ4n) is 3.82. The van der Waals surface area contributed by atoms with Gasteiger partial charge in [0.05, 0.1) is 33.2 Å². The lowest BCUT2D eigenvalue weighted by Crippen LogP contribution is -2.26. The van der Waals surface area contributed by atoms with Gasteiger partial charge in [0.2, 0.25) is 5.95 Å². The van der Waals surface area contributed by atoms with Crippen LogP contribution in [0.1, 0.15) is 18.7 Å². The summed E-state index contributed by atoms with van der Waals surface area (Å²) in [6.07, 6.45) is 1.65. The topological polar surface area (TPSA) is 98.7 Å². The molecule has 1 atom stereocenters. The van der Waals surface area contributed by atoms with Crippen molar-refractivity contribution < 1.29 is 0 Å². The molecule has 0 radical (unpaired) electrons. The molecule has 0 amide bonds. The second-order valence-corrected chi connectivity index (χ2v) is 8.61. The Kier molecular flexibility index (Phi) is 5.53. The highest BCUT2D eigenvalue weighted by atomic mass is 35.5. The van der Waals surface area contributed by atoms with Crippen molar-refractivity contribution in [2.75, 3.05) is 11.1 Å². The zero-order valence-electron chi connectivity index (χ0n) is 17.6. The minimum atomic E-state index is -0.312. The number of aromatic nitrogens is 4. The van der Waals surface area contributed by atoms with Crippen molar-refractivity contribution in [3.63, 3.8) is 0 Å². The summed E-state index contributed by atoms with van der Waals surface area (Å²) in [4.78, 5) is 26.5. The van der Waals surface area contributed by atoms with Gasteiger partial charge >= 0.3 is 0 Å². The summed E-state index contributed by atoms with van der Waals surface area (Å²) in [7, 11) is 0. The maximum absolute atomic E-state index is 13.6. The number of halogens is 1. The number of nitrogens with one attached hydrogen (secondary N) is 1. The molecule has 0 bridgehead atoms. The molecule has 33 heavy (non-hydrogen) atoms. The SMILES string of the molecule is C[C@H](Nc1nc(N)ncc1-c1cscn1)c1cc2cccc(Cl)c2c(=O)n1-c1ccccc1. The summed E-state index contributed by atoms with van der Waals surface area (Å²) in [6.45, 7) is 1.97. The maximum atomic E-state index is 13.6. The number of nitrogens with two attached hydrogens (primary N) is 1. The Morgan fingerprint density at radius 2 is 1.94 bits per heavy atom. The van der Waals surface area contributed by atoms with E-state index in [-0.39, 0.29) is 17.5 Å². The molecule has 7 nitrogen and oxygen atoms in total. The number of pyridine rings is 1. The van der Waals surface area contributed by atoms with Crippen LogP contribution < -0.4 is 16.6 Å². The number of hydrogen-bond acceptors (Lipinski definition) is 7. The highest BCUT2D eigenvalue weighted by molar-refractivity contribution is 7.07. The third-order valence-electron chi connectivity index (χ3n) is 5.35. The third-order valence-corrected chi connectivity index (χ3v) is 6.25. The van der Waals surface area contributed by atoms with Crippen LogP contribution in [0.4, 0.5) is 11.8 Å². The van der Waals surface area contributed by atoms with Crippen molar-refractivity contribution in [3.8, 4) is 16.9 Å². The van der Waals surface area contributed by atoms with Crippen LogP contribution in [0.5, 0.6) is 0 Å². The largest absolute Gasteiger partial charge is 0.368 e. The molecular formula is C24H19ClN6OS. The van der Waals surface area contributed by atoms with Gasteiger partial charge in [-0.25, -0.2) is 9.97 Å². The normalized spacial score (nSPS) is 12.1. The highest BCUT2D eigenvalue weighted by Crippen LogP contribution is 2.31. The molecule has 0 aliphatic rings. The summed E-state index contributed by atoms with van der Waals surface area (Å²) >= 11 is 7.90. The van der Waals surface area contributed by atoms with Gasteiger partial charge in [-0.15, -0.1) is 11.3 Å². The average Bonchev–Trinajstić information content (AvgIpc) is 3.34. The van der Waals surface area contributed by atoms with Crippen molar-refractivity contribution in [2.24, 2.45) is 0 Å². The zero-order valence-corrected chi connectivity index (χ0v) is 19.1. The van der Waals surface area contributed by atoms with Crippen LogP contribution in [0.15, 0.2) is 76.5 Å². The van der Waals surface area contributed by atoms with Crippen molar-refractivity contribution in [2.45, 2.75) is 13.0 Å². The predicted molar refractivity (Wildman–Crippen MR) is 134 cm³/mol. The molecule has 9 heteroatoms. The number of benzene rings is 2. The van der Waals surface area contributed by atoms with Gasteiger partial charge in [0.25, 0.3) is 5.56 Å². The molecule has 0 fully saturated rings. The Morgan fingerprint density at radius 3 is 2.70 bits per heavy atom. The molecule has 5 rings (SSSR count). The molecule has 0 spiro atoms.